The monoisotopic (exact) mass is 482 g/mol. The number of nitrogens with zero attached hydrogens (tertiary/aromatic N) is 2. The summed E-state index contributed by atoms with van der Waals surface area (Å²) in [4.78, 5) is 48.7. The number of esters is 1. The summed E-state index contributed by atoms with van der Waals surface area (Å²) in [7, 11) is 0. The Kier molecular flexibility index (Phi) is 7.13. The van der Waals surface area contributed by atoms with E-state index >= 15 is 0 Å². The summed E-state index contributed by atoms with van der Waals surface area (Å²) in [6.45, 7) is 9.75. The Labute approximate surface area is 202 Å². The van der Waals surface area contributed by atoms with Gasteiger partial charge in [-0.25, -0.2) is 4.98 Å². The lowest BCUT2D eigenvalue weighted by Crippen LogP contribution is -2.39. The molecule has 1 aromatic carbocycles. The fraction of sp³-hybridized carbons (Fsp3) is 0.440. The van der Waals surface area contributed by atoms with Gasteiger partial charge in [0, 0.05) is 12.2 Å². The van der Waals surface area contributed by atoms with Gasteiger partial charge in [0.1, 0.15) is 10.7 Å². The van der Waals surface area contributed by atoms with Crippen LogP contribution >= 0.6 is 11.3 Å². The zero-order valence-electron chi connectivity index (χ0n) is 20.0. The minimum absolute atomic E-state index is 0.159. The number of ether oxygens (including phenoxy) is 1. The van der Waals surface area contributed by atoms with E-state index in [0.29, 0.717) is 46.2 Å². The van der Waals surface area contributed by atoms with Crippen molar-refractivity contribution in [3.05, 3.63) is 55.9 Å². The Morgan fingerprint density at radius 2 is 2.09 bits per heavy atom. The predicted molar refractivity (Wildman–Crippen MR) is 133 cm³/mol. The fourth-order valence-electron chi connectivity index (χ4n) is 4.48. The maximum Gasteiger partial charge on any atom is 0.310 e. The second-order valence-corrected chi connectivity index (χ2v) is 9.85. The normalized spacial score (nSPS) is 16.5. The summed E-state index contributed by atoms with van der Waals surface area (Å²) in [5.41, 5.74) is 3.23. The molecule has 1 aliphatic rings. The molecule has 0 saturated carbocycles. The molecule has 2 aromatic heterocycles. The Morgan fingerprint density at radius 1 is 1.29 bits per heavy atom. The molecule has 2 N–H and O–H groups in total. The molecule has 1 amide bonds. The van der Waals surface area contributed by atoms with Crippen LogP contribution in [0.15, 0.2) is 23.0 Å². The molecule has 3 heterocycles. The van der Waals surface area contributed by atoms with E-state index in [0.717, 1.165) is 36.2 Å². The summed E-state index contributed by atoms with van der Waals surface area (Å²) in [6.07, 6.45) is 1.69. The van der Waals surface area contributed by atoms with Crippen LogP contribution in [0.4, 0.5) is 5.69 Å². The number of benzene rings is 1. The van der Waals surface area contributed by atoms with Gasteiger partial charge < -0.3 is 15.0 Å². The van der Waals surface area contributed by atoms with E-state index in [1.807, 2.05) is 39.0 Å². The number of carbonyl (C=O) groups excluding carboxylic acids is 2. The molecule has 1 aliphatic heterocycles. The second-order valence-electron chi connectivity index (χ2n) is 8.85. The van der Waals surface area contributed by atoms with Gasteiger partial charge in [0.15, 0.2) is 0 Å². The summed E-state index contributed by atoms with van der Waals surface area (Å²) < 4.78 is 5.18. The van der Waals surface area contributed by atoms with Crippen LogP contribution in [0.1, 0.15) is 52.0 Å². The Hall–Kier alpha value is -3.04. The summed E-state index contributed by atoms with van der Waals surface area (Å²) in [6, 6.07) is 5.85. The quantitative estimate of drug-likeness (QED) is 0.516. The van der Waals surface area contributed by atoms with Crippen LogP contribution in [-0.4, -0.2) is 46.4 Å². The molecule has 34 heavy (non-hydrogen) atoms. The highest BCUT2D eigenvalue weighted by Crippen LogP contribution is 2.29. The number of nitrogens with one attached hydrogen (secondary N) is 2. The van der Waals surface area contributed by atoms with Crippen molar-refractivity contribution in [1.82, 2.24) is 14.9 Å². The van der Waals surface area contributed by atoms with Crippen molar-refractivity contribution < 1.29 is 14.3 Å². The molecule has 1 unspecified atom stereocenters. The molecule has 1 saturated heterocycles. The van der Waals surface area contributed by atoms with Gasteiger partial charge in [0.2, 0.25) is 0 Å². The average molecular weight is 483 g/mol. The number of H-pyrrole nitrogens is 1. The Balaban J connectivity index is 1.55. The molecular weight excluding hydrogens is 452 g/mol. The fourth-order valence-corrected chi connectivity index (χ4v) is 5.57. The Morgan fingerprint density at radius 3 is 2.82 bits per heavy atom. The van der Waals surface area contributed by atoms with Crippen LogP contribution in [0.5, 0.6) is 0 Å². The highest BCUT2D eigenvalue weighted by atomic mass is 32.1. The summed E-state index contributed by atoms with van der Waals surface area (Å²) in [5, 5.41) is 3.41. The number of anilines is 1. The van der Waals surface area contributed by atoms with Gasteiger partial charge in [-0.05, 0) is 64.3 Å². The van der Waals surface area contributed by atoms with Crippen molar-refractivity contribution in [2.75, 3.05) is 25.0 Å². The number of fused-ring (bicyclic) bond motifs is 1. The topological polar surface area (TPSA) is 104 Å². The minimum Gasteiger partial charge on any atom is -0.466 e. The van der Waals surface area contributed by atoms with Gasteiger partial charge in [0.05, 0.1) is 29.3 Å². The van der Waals surface area contributed by atoms with E-state index in [1.165, 1.54) is 11.3 Å². The zero-order chi connectivity index (χ0) is 24.4. The number of aromatic nitrogens is 2. The standard InChI is InChI=1S/C25H30N4O4S/c1-5-33-25(32)17-7-6-10-29(12-17)13-19-27-22(30)20-16(4)21(34-24(20)28-19)23(31)26-18-9-8-14(2)11-15(18)3/h8-9,11,17H,5-7,10,12-13H2,1-4H3,(H,26,31)(H,27,28,30). The van der Waals surface area contributed by atoms with Gasteiger partial charge in [-0.3, -0.25) is 19.3 Å². The molecule has 0 spiro atoms. The second kappa shape index (κ2) is 10.1. The predicted octanol–water partition coefficient (Wildman–Crippen LogP) is 3.94. The first-order chi connectivity index (χ1) is 16.3. The van der Waals surface area contributed by atoms with E-state index in [9.17, 15) is 14.4 Å². The average Bonchev–Trinajstić information content (AvgIpc) is 3.13. The largest absolute Gasteiger partial charge is 0.466 e. The molecular formula is C25H30N4O4S. The van der Waals surface area contributed by atoms with Crippen molar-refractivity contribution in [3.8, 4) is 0 Å². The van der Waals surface area contributed by atoms with Crippen molar-refractivity contribution in [2.24, 2.45) is 5.92 Å². The van der Waals surface area contributed by atoms with Gasteiger partial charge >= 0.3 is 5.97 Å². The number of aromatic amines is 1. The molecule has 9 heteroatoms. The van der Waals surface area contributed by atoms with Crippen molar-refractivity contribution in [3.63, 3.8) is 0 Å². The molecule has 0 radical (unpaired) electrons. The van der Waals surface area contributed by atoms with Crippen molar-refractivity contribution in [2.45, 2.75) is 47.1 Å². The van der Waals surface area contributed by atoms with Crippen LogP contribution in [0.25, 0.3) is 10.2 Å². The third-order valence-corrected chi connectivity index (χ3v) is 7.37. The van der Waals surface area contributed by atoms with Gasteiger partial charge in [-0.1, -0.05) is 17.7 Å². The van der Waals surface area contributed by atoms with Crippen LogP contribution in [0.3, 0.4) is 0 Å². The first-order valence-corrected chi connectivity index (χ1v) is 12.4. The van der Waals surface area contributed by atoms with Crippen LogP contribution in [-0.2, 0) is 16.1 Å². The van der Waals surface area contributed by atoms with Crippen LogP contribution < -0.4 is 10.9 Å². The number of hydrogen-bond acceptors (Lipinski definition) is 7. The van der Waals surface area contributed by atoms with E-state index in [4.69, 9.17) is 4.74 Å². The van der Waals surface area contributed by atoms with Crippen LogP contribution in [0, 0.1) is 26.7 Å². The maximum absolute atomic E-state index is 13.0. The molecule has 180 valence electrons. The third-order valence-electron chi connectivity index (χ3n) is 6.18. The Bertz CT molecular complexity index is 1300. The van der Waals surface area contributed by atoms with E-state index in [-0.39, 0.29) is 23.4 Å². The molecule has 3 aromatic rings. The van der Waals surface area contributed by atoms with E-state index in [1.54, 1.807) is 6.92 Å². The lowest BCUT2D eigenvalue weighted by molar-refractivity contribution is -0.150. The molecule has 1 atom stereocenters. The molecule has 1 fully saturated rings. The number of piperidine rings is 1. The van der Waals surface area contributed by atoms with Gasteiger partial charge in [-0.15, -0.1) is 11.3 Å². The number of aryl methyl sites for hydroxylation is 3. The lowest BCUT2D eigenvalue weighted by atomic mass is 9.98. The molecule has 4 rings (SSSR count). The number of likely N-dealkylation sites (tertiary alicyclic amines) is 1. The molecule has 0 bridgehead atoms. The number of rotatable bonds is 6. The first kappa shape index (κ1) is 24.1. The number of thiophene rings is 1. The van der Waals surface area contributed by atoms with E-state index in [2.05, 4.69) is 20.2 Å². The lowest BCUT2D eigenvalue weighted by Gasteiger charge is -2.30. The van der Waals surface area contributed by atoms with E-state index < -0.39 is 0 Å². The SMILES string of the molecule is CCOC(=O)C1CCCN(Cc2nc3sc(C(=O)Nc4ccc(C)cc4C)c(C)c3c(=O)[nH]2)C1. The number of carbonyl (C=O) groups is 2. The van der Waals surface area contributed by atoms with Gasteiger partial charge in [-0.2, -0.15) is 0 Å². The first-order valence-electron chi connectivity index (χ1n) is 11.6. The minimum atomic E-state index is -0.252. The number of amides is 1. The highest BCUT2D eigenvalue weighted by Gasteiger charge is 2.27. The summed E-state index contributed by atoms with van der Waals surface area (Å²) >= 11 is 1.23. The third kappa shape index (κ3) is 5.05. The molecule has 8 nitrogen and oxygen atoms in total. The smallest absolute Gasteiger partial charge is 0.310 e. The maximum atomic E-state index is 13.0. The van der Waals surface area contributed by atoms with Crippen molar-refractivity contribution in [1.29, 1.82) is 0 Å². The zero-order valence-corrected chi connectivity index (χ0v) is 20.8. The number of hydrogen-bond donors (Lipinski definition) is 2. The van der Waals surface area contributed by atoms with Gasteiger partial charge in [0.25, 0.3) is 11.5 Å². The van der Waals surface area contributed by atoms with Crippen molar-refractivity contribution >= 4 is 39.1 Å². The highest BCUT2D eigenvalue weighted by molar-refractivity contribution is 7.20. The molecule has 0 aliphatic carbocycles. The van der Waals surface area contributed by atoms with Crippen LogP contribution in [0.2, 0.25) is 0 Å². The summed E-state index contributed by atoms with van der Waals surface area (Å²) in [5.74, 6) is -0.0440.